The molecule has 3 rings (SSSR count). The van der Waals surface area contributed by atoms with Crippen molar-refractivity contribution in [1.82, 2.24) is 10.3 Å². The summed E-state index contributed by atoms with van der Waals surface area (Å²) in [6, 6.07) is 18.1. The van der Waals surface area contributed by atoms with E-state index in [-0.39, 0.29) is 18.2 Å². The summed E-state index contributed by atoms with van der Waals surface area (Å²) < 4.78 is 40.7. The molecule has 1 unspecified atom stereocenters. The van der Waals surface area contributed by atoms with E-state index in [0.717, 1.165) is 23.3 Å². The molecule has 3 nitrogen and oxygen atoms in total. The zero-order valence-electron chi connectivity index (χ0n) is 17.7. The Kier molecular flexibility index (Phi) is 6.48. The highest BCUT2D eigenvalue weighted by Crippen LogP contribution is 2.38. The van der Waals surface area contributed by atoms with Crippen LogP contribution in [0.1, 0.15) is 41.8 Å². The molecule has 1 aromatic heterocycles. The first-order valence-corrected chi connectivity index (χ1v) is 10.1. The lowest BCUT2D eigenvalue weighted by atomic mass is 9.78. The second-order valence-electron chi connectivity index (χ2n) is 7.96. The largest absolute Gasteiger partial charge is 0.416 e. The fourth-order valence-corrected chi connectivity index (χ4v) is 3.65. The van der Waals surface area contributed by atoms with Gasteiger partial charge >= 0.3 is 6.18 Å². The molecular weight excluding hydrogens is 401 g/mol. The van der Waals surface area contributed by atoms with Crippen molar-refractivity contribution < 1.29 is 18.0 Å². The highest BCUT2D eigenvalue weighted by molar-refractivity contribution is 5.79. The maximum atomic E-state index is 13.6. The molecule has 1 heterocycles. The Hall–Kier alpha value is -3.15. The number of alkyl halides is 3. The van der Waals surface area contributed by atoms with Crippen LogP contribution in [-0.2, 0) is 22.9 Å². The minimum atomic E-state index is -4.50. The van der Waals surface area contributed by atoms with Crippen molar-refractivity contribution >= 4 is 5.91 Å². The van der Waals surface area contributed by atoms with Gasteiger partial charge in [-0.05, 0) is 41.8 Å². The van der Waals surface area contributed by atoms with Crippen molar-refractivity contribution in [3.63, 3.8) is 0 Å². The number of halogens is 3. The number of nitrogens with one attached hydrogen (secondary N) is 1. The Morgan fingerprint density at radius 3 is 2.26 bits per heavy atom. The molecule has 2 aromatic carbocycles. The molecule has 1 N–H and O–H groups in total. The molecule has 6 heteroatoms. The van der Waals surface area contributed by atoms with Crippen molar-refractivity contribution in [3.8, 4) is 0 Å². The molecule has 3 aromatic rings. The summed E-state index contributed by atoms with van der Waals surface area (Å²) >= 11 is 0. The van der Waals surface area contributed by atoms with Gasteiger partial charge in [0.1, 0.15) is 5.54 Å². The predicted octanol–water partition coefficient (Wildman–Crippen LogP) is 5.67. The zero-order chi connectivity index (χ0) is 22.6. The smallest absolute Gasteiger partial charge is 0.340 e. The Bertz CT molecular complexity index is 1050. The lowest BCUT2D eigenvalue weighted by Gasteiger charge is -2.37. The van der Waals surface area contributed by atoms with Crippen LogP contribution in [0.4, 0.5) is 13.2 Å². The average molecular weight is 426 g/mol. The molecule has 1 atom stereocenters. The van der Waals surface area contributed by atoms with Crippen molar-refractivity contribution in [2.45, 2.75) is 38.9 Å². The van der Waals surface area contributed by atoms with Gasteiger partial charge in [0.2, 0.25) is 5.91 Å². The van der Waals surface area contributed by atoms with E-state index in [1.165, 1.54) is 6.07 Å². The Labute approximate surface area is 180 Å². The fourth-order valence-electron chi connectivity index (χ4n) is 3.65. The third-order valence-electron chi connectivity index (χ3n) is 5.27. The number of aryl methyl sites for hydroxylation is 1. The first-order chi connectivity index (χ1) is 14.6. The molecule has 0 radical (unpaired) electrons. The number of amides is 1. The Morgan fingerprint density at radius 2 is 1.65 bits per heavy atom. The SMILES string of the molecule is Cc1cccnc1C(Cc1ccccc1)(NC(=O)C(C)C)c1cccc(C(F)(F)F)c1. The number of hydrogen-bond donors (Lipinski definition) is 1. The molecule has 0 fully saturated rings. The third kappa shape index (κ3) is 4.95. The topological polar surface area (TPSA) is 42.0 Å². The summed E-state index contributed by atoms with van der Waals surface area (Å²) in [4.78, 5) is 17.5. The van der Waals surface area contributed by atoms with Gasteiger partial charge in [0.25, 0.3) is 0 Å². The normalized spacial score (nSPS) is 13.6. The van der Waals surface area contributed by atoms with Crippen molar-refractivity contribution in [3.05, 3.63) is 101 Å². The molecule has 0 saturated heterocycles. The molecule has 0 bridgehead atoms. The van der Waals surface area contributed by atoms with Gasteiger partial charge in [0.15, 0.2) is 0 Å². The number of rotatable bonds is 6. The highest BCUT2D eigenvalue weighted by atomic mass is 19.4. The molecule has 162 valence electrons. The van der Waals surface area contributed by atoms with Crippen LogP contribution >= 0.6 is 0 Å². The summed E-state index contributed by atoms with van der Waals surface area (Å²) in [7, 11) is 0. The minimum absolute atomic E-state index is 0.255. The number of nitrogens with zero attached hydrogens (tertiary/aromatic N) is 1. The molecule has 31 heavy (non-hydrogen) atoms. The molecule has 0 aliphatic rings. The maximum Gasteiger partial charge on any atom is 0.416 e. The standard InChI is InChI=1S/C25H25F3N2O/c1-17(2)23(31)30-24(16-19-10-5-4-6-11-19,22-18(3)9-8-14-29-22)20-12-7-13-21(15-20)25(26,27)28/h4-15,17H,16H2,1-3H3,(H,30,31). The summed E-state index contributed by atoms with van der Waals surface area (Å²) in [5.74, 6) is -0.622. The molecule has 1 amide bonds. The molecule has 0 aliphatic heterocycles. The number of carbonyl (C=O) groups excluding carboxylic acids is 1. The van der Waals surface area contributed by atoms with E-state index in [0.29, 0.717) is 11.3 Å². The van der Waals surface area contributed by atoms with E-state index in [1.807, 2.05) is 43.3 Å². The quantitative estimate of drug-likeness (QED) is 0.552. The monoisotopic (exact) mass is 426 g/mol. The van der Waals surface area contributed by atoms with Gasteiger partial charge in [-0.3, -0.25) is 9.78 Å². The second-order valence-corrected chi connectivity index (χ2v) is 7.96. The minimum Gasteiger partial charge on any atom is -0.340 e. The van der Waals surface area contributed by atoms with Gasteiger partial charge in [-0.2, -0.15) is 13.2 Å². The number of aromatic nitrogens is 1. The summed E-state index contributed by atoms with van der Waals surface area (Å²) in [5.41, 5.74) is 0.466. The lowest BCUT2D eigenvalue weighted by molar-refractivity contribution is -0.137. The van der Waals surface area contributed by atoms with E-state index in [2.05, 4.69) is 10.3 Å². The van der Waals surface area contributed by atoms with Crippen molar-refractivity contribution in [1.29, 1.82) is 0 Å². The second kappa shape index (κ2) is 8.92. The van der Waals surface area contributed by atoms with Crippen LogP contribution in [-0.4, -0.2) is 10.9 Å². The van der Waals surface area contributed by atoms with Crippen LogP contribution in [0.2, 0.25) is 0 Å². The first-order valence-electron chi connectivity index (χ1n) is 10.1. The van der Waals surface area contributed by atoms with Crippen LogP contribution in [0, 0.1) is 12.8 Å². The van der Waals surface area contributed by atoms with Gasteiger partial charge in [-0.15, -0.1) is 0 Å². The van der Waals surface area contributed by atoms with Crippen molar-refractivity contribution in [2.24, 2.45) is 5.92 Å². The van der Waals surface area contributed by atoms with Gasteiger partial charge in [-0.25, -0.2) is 0 Å². The van der Waals surface area contributed by atoms with Gasteiger partial charge < -0.3 is 5.32 Å². The van der Waals surface area contributed by atoms with Crippen LogP contribution in [0.15, 0.2) is 72.9 Å². The first kappa shape index (κ1) is 22.5. The lowest BCUT2D eigenvalue weighted by Crippen LogP contribution is -2.51. The Balaban J connectivity index is 2.31. The molecule has 0 aliphatic carbocycles. The van der Waals surface area contributed by atoms with E-state index in [1.54, 1.807) is 32.2 Å². The number of hydrogen-bond acceptors (Lipinski definition) is 2. The van der Waals surface area contributed by atoms with Gasteiger partial charge in [0, 0.05) is 18.5 Å². The number of carbonyl (C=O) groups is 1. The van der Waals surface area contributed by atoms with E-state index in [4.69, 9.17) is 0 Å². The third-order valence-corrected chi connectivity index (χ3v) is 5.27. The number of pyridine rings is 1. The summed E-state index contributed by atoms with van der Waals surface area (Å²) in [6.07, 6.45) is -2.65. The van der Waals surface area contributed by atoms with Gasteiger partial charge in [-0.1, -0.05) is 62.4 Å². The maximum absolute atomic E-state index is 13.6. The van der Waals surface area contributed by atoms with Crippen LogP contribution in [0.25, 0.3) is 0 Å². The predicted molar refractivity (Wildman–Crippen MR) is 114 cm³/mol. The molecular formula is C25H25F3N2O. The summed E-state index contributed by atoms with van der Waals surface area (Å²) in [5, 5.41) is 3.06. The van der Waals surface area contributed by atoms with Crippen LogP contribution in [0.5, 0.6) is 0 Å². The highest BCUT2D eigenvalue weighted by Gasteiger charge is 2.41. The van der Waals surface area contributed by atoms with E-state index >= 15 is 0 Å². The van der Waals surface area contributed by atoms with Gasteiger partial charge in [0.05, 0.1) is 11.3 Å². The van der Waals surface area contributed by atoms with Crippen molar-refractivity contribution in [2.75, 3.05) is 0 Å². The van der Waals surface area contributed by atoms with E-state index in [9.17, 15) is 18.0 Å². The van der Waals surface area contributed by atoms with Crippen LogP contribution in [0.3, 0.4) is 0 Å². The van der Waals surface area contributed by atoms with E-state index < -0.39 is 17.3 Å². The summed E-state index contributed by atoms with van der Waals surface area (Å²) in [6.45, 7) is 5.34. The zero-order valence-corrected chi connectivity index (χ0v) is 17.7. The van der Waals surface area contributed by atoms with Crippen LogP contribution < -0.4 is 5.32 Å². The number of benzene rings is 2. The fraction of sp³-hybridized carbons (Fsp3) is 0.280. The average Bonchev–Trinajstić information content (AvgIpc) is 2.73. The molecule has 0 saturated carbocycles. The Morgan fingerprint density at radius 1 is 0.968 bits per heavy atom. The molecule has 0 spiro atoms.